The molecule has 1 aliphatic heterocycles. The topological polar surface area (TPSA) is 3.24 Å². The lowest BCUT2D eigenvalue weighted by Crippen LogP contribution is -2.26. The first-order chi connectivity index (χ1) is 5.09. The van der Waals surface area contributed by atoms with Crippen molar-refractivity contribution < 1.29 is 13.2 Å². The van der Waals surface area contributed by atoms with Gasteiger partial charge in [0.05, 0.1) is 6.54 Å². The predicted molar refractivity (Wildman–Crippen MR) is 36.5 cm³/mol. The number of rotatable bonds is 2. The Morgan fingerprint density at radius 2 is 2.09 bits per heavy atom. The number of likely N-dealkylation sites (tertiary alicyclic amines) is 1. The minimum Gasteiger partial charge on any atom is -0.294 e. The van der Waals surface area contributed by atoms with Gasteiger partial charge in [-0.25, -0.2) is 13.2 Å². The molecule has 0 spiro atoms. The number of hydrogen-bond acceptors (Lipinski definition) is 1. The van der Waals surface area contributed by atoms with Gasteiger partial charge in [-0.15, -0.1) is 0 Å². The zero-order valence-electron chi connectivity index (χ0n) is 6.43. The van der Waals surface area contributed by atoms with E-state index in [1.165, 1.54) is 4.90 Å². The molecular weight excluding hydrogens is 155 g/mol. The van der Waals surface area contributed by atoms with Gasteiger partial charge in [0.2, 0.25) is 0 Å². The van der Waals surface area contributed by atoms with E-state index in [4.69, 9.17) is 0 Å². The maximum absolute atomic E-state index is 12.7. The molecule has 1 nitrogen and oxygen atoms in total. The number of hydrogen-bond donors (Lipinski definition) is 0. The van der Waals surface area contributed by atoms with Crippen molar-refractivity contribution in [3.63, 3.8) is 0 Å². The monoisotopic (exact) mass is 167 g/mol. The van der Waals surface area contributed by atoms with E-state index in [0.717, 1.165) is 0 Å². The molecule has 1 fully saturated rings. The molecule has 66 valence electrons. The molecule has 1 rings (SSSR count). The van der Waals surface area contributed by atoms with Gasteiger partial charge in [-0.1, -0.05) is 6.92 Å². The highest BCUT2D eigenvalue weighted by atomic mass is 19.3. The Morgan fingerprint density at radius 1 is 1.45 bits per heavy atom. The van der Waals surface area contributed by atoms with Gasteiger partial charge in [0.15, 0.2) is 0 Å². The summed E-state index contributed by atoms with van der Waals surface area (Å²) in [6.07, 6.45) is -3.26. The Morgan fingerprint density at radius 3 is 2.45 bits per heavy atom. The average Bonchev–Trinajstić information content (AvgIpc) is 2.10. The fourth-order valence-electron chi connectivity index (χ4n) is 1.37. The fraction of sp³-hybridized carbons (Fsp3) is 1.00. The molecule has 0 aliphatic carbocycles. The largest absolute Gasteiger partial charge is 0.294 e. The fourth-order valence-corrected chi connectivity index (χ4v) is 1.37. The van der Waals surface area contributed by atoms with E-state index in [-0.39, 0.29) is 19.0 Å². The van der Waals surface area contributed by atoms with Crippen molar-refractivity contribution in [2.75, 3.05) is 19.6 Å². The Bertz CT molecular complexity index is 116. The van der Waals surface area contributed by atoms with Gasteiger partial charge in [0, 0.05) is 19.0 Å². The molecule has 1 heterocycles. The standard InChI is InChI=1S/C7H12F3N/c1-5-2-11(3-6(5)8)4-7(9)10/h5-7H,2-4H2,1H3/t5-,6+/m1/s1. The smallest absolute Gasteiger partial charge is 0.251 e. The SMILES string of the molecule is C[C@@H]1CN(CC(F)F)C[C@@H]1F. The van der Waals surface area contributed by atoms with Crippen LogP contribution in [0.15, 0.2) is 0 Å². The van der Waals surface area contributed by atoms with Gasteiger partial charge in [0.25, 0.3) is 6.43 Å². The van der Waals surface area contributed by atoms with E-state index in [9.17, 15) is 13.2 Å². The van der Waals surface area contributed by atoms with Crippen molar-refractivity contribution >= 4 is 0 Å². The quantitative estimate of drug-likeness (QED) is 0.603. The summed E-state index contributed by atoms with van der Waals surface area (Å²) in [5.74, 6) is -0.0891. The first-order valence-corrected chi connectivity index (χ1v) is 3.74. The second kappa shape index (κ2) is 3.43. The maximum Gasteiger partial charge on any atom is 0.251 e. The highest BCUT2D eigenvalue weighted by Gasteiger charge is 2.30. The second-order valence-corrected chi connectivity index (χ2v) is 3.10. The maximum atomic E-state index is 12.7. The molecular formula is C7H12F3N. The minimum atomic E-state index is -2.34. The molecule has 2 atom stereocenters. The van der Waals surface area contributed by atoms with Crippen LogP contribution in [0.4, 0.5) is 13.2 Å². The van der Waals surface area contributed by atoms with Crippen molar-refractivity contribution in [3.05, 3.63) is 0 Å². The van der Waals surface area contributed by atoms with Gasteiger partial charge >= 0.3 is 0 Å². The molecule has 0 bridgehead atoms. The molecule has 4 heteroatoms. The minimum absolute atomic E-state index is 0.0891. The van der Waals surface area contributed by atoms with Gasteiger partial charge < -0.3 is 0 Å². The molecule has 0 unspecified atom stereocenters. The van der Waals surface area contributed by atoms with Gasteiger partial charge in [-0.3, -0.25) is 4.90 Å². The molecule has 0 aromatic carbocycles. The van der Waals surface area contributed by atoms with Crippen LogP contribution in [0.1, 0.15) is 6.92 Å². The second-order valence-electron chi connectivity index (χ2n) is 3.10. The summed E-state index contributed by atoms with van der Waals surface area (Å²) >= 11 is 0. The number of nitrogens with zero attached hydrogens (tertiary/aromatic N) is 1. The van der Waals surface area contributed by atoms with Crippen LogP contribution in [-0.2, 0) is 0 Å². The Balaban J connectivity index is 2.29. The summed E-state index contributed by atoms with van der Waals surface area (Å²) in [4.78, 5) is 1.47. The van der Waals surface area contributed by atoms with Crippen LogP contribution in [0.5, 0.6) is 0 Å². The lowest BCUT2D eigenvalue weighted by atomic mass is 10.1. The summed E-state index contributed by atoms with van der Waals surface area (Å²) in [6, 6.07) is 0. The van der Waals surface area contributed by atoms with Gasteiger partial charge in [-0.2, -0.15) is 0 Å². The van der Waals surface area contributed by atoms with Crippen LogP contribution in [-0.4, -0.2) is 37.1 Å². The van der Waals surface area contributed by atoms with Crippen molar-refractivity contribution in [1.29, 1.82) is 0 Å². The average molecular weight is 167 g/mol. The van der Waals surface area contributed by atoms with Crippen LogP contribution in [0.2, 0.25) is 0 Å². The lowest BCUT2D eigenvalue weighted by molar-refractivity contribution is 0.0962. The van der Waals surface area contributed by atoms with Crippen LogP contribution in [0.25, 0.3) is 0 Å². The summed E-state index contributed by atoms with van der Waals surface area (Å²) in [6.45, 7) is 2.10. The molecule has 0 aromatic rings. The zero-order chi connectivity index (χ0) is 8.43. The van der Waals surface area contributed by atoms with Gasteiger partial charge in [0.1, 0.15) is 6.17 Å². The van der Waals surface area contributed by atoms with Crippen molar-refractivity contribution in [2.24, 2.45) is 5.92 Å². The van der Waals surface area contributed by atoms with E-state index < -0.39 is 12.6 Å². The summed E-state index contributed by atoms with van der Waals surface area (Å²) in [5, 5.41) is 0. The molecule has 1 aliphatic rings. The Hall–Kier alpha value is -0.250. The predicted octanol–water partition coefficient (Wildman–Crippen LogP) is 1.54. The third-order valence-corrected chi connectivity index (χ3v) is 1.99. The van der Waals surface area contributed by atoms with Crippen LogP contribution >= 0.6 is 0 Å². The zero-order valence-corrected chi connectivity index (χ0v) is 6.43. The molecule has 0 N–H and O–H groups in total. The third-order valence-electron chi connectivity index (χ3n) is 1.99. The summed E-state index contributed by atoms with van der Waals surface area (Å²) in [5.41, 5.74) is 0. The number of halogens is 3. The molecule has 1 saturated heterocycles. The summed E-state index contributed by atoms with van der Waals surface area (Å²) < 4.78 is 36.3. The molecule has 0 aromatic heterocycles. The Kier molecular flexibility index (Phi) is 2.76. The van der Waals surface area contributed by atoms with E-state index in [1.807, 2.05) is 0 Å². The van der Waals surface area contributed by atoms with Crippen molar-refractivity contribution in [3.8, 4) is 0 Å². The Labute approximate surface area is 64.2 Å². The van der Waals surface area contributed by atoms with Gasteiger partial charge in [-0.05, 0) is 0 Å². The lowest BCUT2D eigenvalue weighted by Gasteiger charge is -2.12. The van der Waals surface area contributed by atoms with Crippen molar-refractivity contribution in [2.45, 2.75) is 19.5 Å². The highest BCUT2D eigenvalue weighted by Crippen LogP contribution is 2.19. The van der Waals surface area contributed by atoms with E-state index in [1.54, 1.807) is 6.92 Å². The molecule has 0 saturated carbocycles. The van der Waals surface area contributed by atoms with E-state index in [2.05, 4.69) is 0 Å². The molecule has 11 heavy (non-hydrogen) atoms. The van der Waals surface area contributed by atoms with Crippen LogP contribution in [0, 0.1) is 5.92 Å². The third kappa shape index (κ3) is 2.36. The normalized spacial score (nSPS) is 33.5. The molecule has 0 amide bonds. The summed E-state index contributed by atoms with van der Waals surface area (Å²) in [7, 11) is 0. The van der Waals surface area contributed by atoms with E-state index in [0.29, 0.717) is 6.54 Å². The van der Waals surface area contributed by atoms with Crippen LogP contribution in [0.3, 0.4) is 0 Å². The molecule has 0 radical (unpaired) electrons. The highest BCUT2D eigenvalue weighted by molar-refractivity contribution is 4.81. The number of alkyl halides is 3. The van der Waals surface area contributed by atoms with Crippen molar-refractivity contribution in [1.82, 2.24) is 4.90 Å². The van der Waals surface area contributed by atoms with Crippen LogP contribution < -0.4 is 0 Å². The first kappa shape index (κ1) is 8.84. The first-order valence-electron chi connectivity index (χ1n) is 3.74. The van der Waals surface area contributed by atoms with E-state index >= 15 is 0 Å².